The fraction of sp³-hybridized carbons (Fsp3) is 0.927. The zero-order chi connectivity index (χ0) is 31.9. The monoisotopic (exact) mass is 621 g/mol. The van der Waals surface area contributed by atoms with Gasteiger partial charge in [-0.3, -0.25) is 0 Å². The first-order valence-electron chi connectivity index (χ1n) is 20.3. The maximum Gasteiger partial charge on any atom is 0.508 e. The van der Waals surface area contributed by atoms with E-state index in [0.717, 1.165) is 25.7 Å². The molecule has 0 bridgehead atoms. The molecule has 0 radical (unpaired) electrons. The molecular formula is C41H80O3. The van der Waals surface area contributed by atoms with Crippen LogP contribution in [0.4, 0.5) is 4.79 Å². The number of unbranched alkanes of at least 4 members (excludes halogenated alkanes) is 31. The summed E-state index contributed by atoms with van der Waals surface area (Å²) in [5.41, 5.74) is 0. The smallest absolute Gasteiger partial charge is 0.434 e. The van der Waals surface area contributed by atoms with E-state index in [1.54, 1.807) is 0 Å². The zero-order valence-electron chi connectivity index (χ0n) is 30.3. The first-order chi connectivity index (χ1) is 21.8. The first-order valence-corrected chi connectivity index (χ1v) is 20.3. The average Bonchev–Trinajstić information content (AvgIpc) is 3.03. The summed E-state index contributed by atoms with van der Waals surface area (Å²) in [4.78, 5) is 11.8. The molecule has 0 fully saturated rings. The fourth-order valence-electron chi connectivity index (χ4n) is 6.06. The lowest BCUT2D eigenvalue weighted by atomic mass is 10.0. The molecule has 0 amide bonds. The Hall–Kier alpha value is -0.990. The molecular weight excluding hydrogens is 540 g/mol. The van der Waals surface area contributed by atoms with Gasteiger partial charge >= 0.3 is 6.16 Å². The lowest BCUT2D eigenvalue weighted by Gasteiger charge is -2.06. The van der Waals surface area contributed by atoms with Crippen molar-refractivity contribution in [3.05, 3.63) is 12.2 Å². The van der Waals surface area contributed by atoms with Crippen molar-refractivity contribution in [1.29, 1.82) is 0 Å². The van der Waals surface area contributed by atoms with E-state index >= 15 is 0 Å². The Balaban J connectivity index is 3.18. The highest BCUT2D eigenvalue weighted by Gasteiger charge is 2.03. The van der Waals surface area contributed by atoms with Gasteiger partial charge in [-0.2, -0.15) is 0 Å². The van der Waals surface area contributed by atoms with Crippen LogP contribution in [0.15, 0.2) is 12.2 Å². The second-order valence-electron chi connectivity index (χ2n) is 13.6. The van der Waals surface area contributed by atoms with E-state index in [0.29, 0.717) is 13.2 Å². The normalized spacial score (nSPS) is 11.5. The molecule has 262 valence electrons. The zero-order valence-corrected chi connectivity index (χ0v) is 30.3. The van der Waals surface area contributed by atoms with Crippen LogP contribution in [0.3, 0.4) is 0 Å². The van der Waals surface area contributed by atoms with E-state index in [1.807, 2.05) is 0 Å². The molecule has 0 atom stereocenters. The number of ether oxygens (including phenoxy) is 2. The van der Waals surface area contributed by atoms with Crippen LogP contribution in [0.25, 0.3) is 0 Å². The van der Waals surface area contributed by atoms with E-state index in [4.69, 9.17) is 9.47 Å². The van der Waals surface area contributed by atoms with Crippen LogP contribution in [0.1, 0.15) is 232 Å². The molecule has 0 spiro atoms. The summed E-state index contributed by atoms with van der Waals surface area (Å²) in [5.74, 6) is 0. The molecule has 0 saturated carbocycles. The van der Waals surface area contributed by atoms with Crippen molar-refractivity contribution in [2.24, 2.45) is 0 Å². The third kappa shape index (κ3) is 39.0. The number of carbonyl (C=O) groups excluding carboxylic acids is 1. The van der Waals surface area contributed by atoms with Gasteiger partial charge in [0.1, 0.15) is 0 Å². The SMILES string of the molecule is CCCCCCCCCCC=CCCCCCCCCOC(=O)OCCCCCCCCCCCCCCCCCCCC. The van der Waals surface area contributed by atoms with Gasteiger partial charge in [0.25, 0.3) is 0 Å². The van der Waals surface area contributed by atoms with E-state index < -0.39 is 6.16 Å². The average molecular weight is 621 g/mol. The highest BCUT2D eigenvalue weighted by molar-refractivity contribution is 5.59. The Kier molecular flexibility index (Phi) is 39.1. The summed E-state index contributed by atoms with van der Waals surface area (Å²) >= 11 is 0. The van der Waals surface area contributed by atoms with E-state index in [1.165, 1.54) is 193 Å². The van der Waals surface area contributed by atoms with Crippen molar-refractivity contribution in [2.45, 2.75) is 232 Å². The molecule has 0 aliphatic rings. The second kappa shape index (κ2) is 40.0. The van der Waals surface area contributed by atoms with E-state index in [9.17, 15) is 4.79 Å². The lowest BCUT2D eigenvalue weighted by molar-refractivity contribution is 0.0529. The van der Waals surface area contributed by atoms with Gasteiger partial charge in [0.05, 0.1) is 13.2 Å². The second-order valence-corrected chi connectivity index (χ2v) is 13.6. The van der Waals surface area contributed by atoms with Gasteiger partial charge in [-0.15, -0.1) is 0 Å². The molecule has 0 aromatic heterocycles. The van der Waals surface area contributed by atoms with Crippen LogP contribution < -0.4 is 0 Å². The number of carbonyl (C=O) groups is 1. The van der Waals surface area contributed by atoms with Gasteiger partial charge in [-0.25, -0.2) is 4.79 Å². The number of rotatable bonds is 37. The summed E-state index contributed by atoms with van der Waals surface area (Å²) < 4.78 is 10.5. The summed E-state index contributed by atoms with van der Waals surface area (Å²) in [5, 5.41) is 0. The molecule has 0 aliphatic heterocycles. The molecule has 3 heteroatoms. The largest absolute Gasteiger partial charge is 0.508 e. The minimum absolute atomic E-state index is 0.476. The summed E-state index contributed by atoms with van der Waals surface area (Å²) in [6.45, 7) is 5.58. The Morgan fingerprint density at radius 2 is 0.568 bits per heavy atom. The third-order valence-electron chi connectivity index (χ3n) is 9.09. The van der Waals surface area contributed by atoms with E-state index in [2.05, 4.69) is 26.0 Å². The van der Waals surface area contributed by atoms with Crippen molar-refractivity contribution in [3.63, 3.8) is 0 Å². The Labute approximate surface area is 277 Å². The number of hydrogen-bond acceptors (Lipinski definition) is 3. The van der Waals surface area contributed by atoms with Gasteiger partial charge in [-0.1, -0.05) is 206 Å². The Bertz CT molecular complexity index is 558. The predicted octanol–water partition coefficient (Wildman–Crippen LogP) is 15.0. The summed E-state index contributed by atoms with van der Waals surface area (Å²) in [7, 11) is 0. The third-order valence-corrected chi connectivity index (χ3v) is 9.09. The quantitative estimate of drug-likeness (QED) is 0.0394. The molecule has 0 saturated heterocycles. The highest BCUT2D eigenvalue weighted by Crippen LogP contribution is 2.15. The summed E-state index contributed by atoms with van der Waals surface area (Å²) in [6, 6.07) is 0. The van der Waals surface area contributed by atoms with Crippen LogP contribution in [0, 0.1) is 0 Å². The van der Waals surface area contributed by atoms with Crippen molar-refractivity contribution >= 4 is 6.16 Å². The molecule has 0 heterocycles. The maximum atomic E-state index is 11.8. The Morgan fingerprint density at radius 1 is 0.341 bits per heavy atom. The lowest BCUT2D eigenvalue weighted by Crippen LogP contribution is -2.09. The van der Waals surface area contributed by atoms with Crippen molar-refractivity contribution in [2.75, 3.05) is 13.2 Å². The van der Waals surface area contributed by atoms with Crippen LogP contribution in [0.5, 0.6) is 0 Å². The van der Waals surface area contributed by atoms with Gasteiger partial charge in [0, 0.05) is 0 Å². The highest BCUT2D eigenvalue weighted by atomic mass is 16.7. The minimum Gasteiger partial charge on any atom is -0.434 e. The molecule has 0 N–H and O–H groups in total. The van der Waals surface area contributed by atoms with E-state index in [-0.39, 0.29) is 0 Å². The molecule has 3 nitrogen and oxygen atoms in total. The molecule has 0 aromatic rings. The standard InChI is InChI=1S/C41H80O3/c1-3-5-7-9-11-13-15-17-19-21-23-25-27-29-31-33-35-37-39-43-41(42)44-40-38-36-34-32-30-28-26-24-22-20-18-16-14-12-10-8-6-4-2/h21,23H,3-20,22,24-40H2,1-2H3. The molecule has 0 rings (SSSR count). The van der Waals surface area contributed by atoms with Crippen LogP contribution >= 0.6 is 0 Å². The predicted molar refractivity (Wildman–Crippen MR) is 195 cm³/mol. The van der Waals surface area contributed by atoms with Crippen molar-refractivity contribution in [1.82, 2.24) is 0 Å². The van der Waals surface area contributed by atoms with Gasteiger partial charge in [-0.05, 0) is 38.5 Å². The van der Waals surface area contributed by atoms with Gasteiger partial charge in [0.2, 0.25) is 0 Å². The van der Waals surface area contributed by atoms with Gasteiger partial charge < -0.3 is 9.47 Å². The van der Waals surface area contributed by atoms with Crippen molar-refractivity contribution < 1.29 is 14.3 Å². The molecule has 0 aromatic carbocycles. The van der Waals surface area contributed by atoms with Crippen LogP contribution in [0.2, 0.25) is 0 Å². The molecule has 0 aliphatic carbocycles. The van der Waals surface area contributed by atoms with Crippen LogP contribution in [-0.4, -0.2) is 19.4 Å². The van der Waals surface area contributed by atoms with Crippen LogP contribution in [-0.2, 0) is 9.47 Å². The topological polar surface area (TPSA) is 35.5 Å². The molecule has 44 heavy (non-hydrogen) atoms. The first kappa shape index (κ1) is 43.0. The number of allylic oxidation sites excluding steroid dienone is 2. The van der Waals surface area contributed by atoms with Crippen molar-refractivity contribution in [3.8, 4) is 0 Å². The van der Waals surface area contributed by atoms with Gasteiger partial charge in [0.15, 0.2) is 0 Å². The Morgan fingerprint density at radius 3 is 0.841 bits per heavy atom. The fourth-order valence-corrected chi connectivity index (χ4v) is 6.06. The maximum absolute atomic E-state index is 11.8. The minimum atomic E-state index is -0.476. The number of hydrogen-bond donors (Lipinski definition) is 0. The summed E-state index contributed by atoms with van der Waals surface area (Å²) in [6.07, 6.45) is 49.9. The molecule has 0 unspecified atom stereocenters.